The van der Waals surface area contributed by atoms with Crippen LogP contribution >= 0.6 is 12.4 Å². The van der Waals surface area contributed by atoms with Gasteiger partial charge in [-0.2, -0.15) is 17.0 Å². The molecule has 1 N–H and O–H groups in total. The molecule has 2 aromatic rings. The maximum Gasteiger partial charge on any atom is 0.282 e. The minimum atomic E-state index is -3.40. The normalized spacial score (nSPS) is 20.7. The third-order valence-corrected chi connectivity index (χ3v) is 12.8. The molecule has 12 nitrogen and oxygen atoms in total. The number of nitrogens with one attached hydrogen (secondary N) is 1. The monoisotopic (exact) mass is 722 g/mol. The quantitative estimate of drug-likeness (QED) is 0.370. The van der Waals surface area contributed by atoms with Crippen LogP contribution in [-0.2, 0) is 10.2 Å². The average molecular weight is 723 g/mol. The number of anilines is 1. The predicted molar refractivity (Wildman–Crippen MR) is 190 cm³/mol. The van der Waals surface area contributed by atoms with Gasteiger partial charge in [0.2, 0.25) is 0 Å². The number of carbonyl (C=O) groups excluding carboxylic acids is 1. The molecule has 0 radical (unpaired) electrons. The second kappa shape index (κ2) is 15.3. The number of hydrogen-bond donors (Lipinski definition) is 1. The zero-order chi connectivity index (χ0) is 34.2. The van der Waals surface area contributed by atoms with E-state index in [1.165, 1.54) is 24.5 Å². The Hall–Kier alpha value is -2.62. The van der Waals surface area contributed by atoms with Gasteiger partial charge in [-0.05, 0) is 90.6 Å². The van der Waals surface area contributed by atoms with E-state index in [4.69, 9.17) is 4.74 Å². The highest BCUT2D eigenvalue weighted by Gasteiger charge is 2.46. The molecule has 0 atom stereocenters. The molecule has 4 saturated heterocycles. The number of halogens is 2. The topological polar surface area (TPSA) is 114 Å². The van der Waals surface area contributed by atoms with E-state index in [0.29, 0.717) is 30.6 Å². The maximum absolute atomic E-state index is 14.4. The first-order chi connectivity index (χ1) is 22.9. The van der Waals surface area contributed by atoms with Crippen LogP contribution in [0.4, 0.5) is 10.2 Å². The summed E-state index contributed by atoms with van der Waals surface area (Å²) in [6, 6.07) is 3.98. The number of aromatic nitrogens is 2. The molecule has 1 amide bonds. The number of hydrogen-bond acceptors (Lipinski definition) is 9. The molecule has 6 rings (SSSR count). The van der Waals surface area contributed by atoms with Crippen LogP contribution in [0.1, 0.15) is 63.7 Å². The molecular formula is C34H52ClFN8O4S. The van der Waals surface area contributed by atoms with E-state index in [0.717, 1.165) is 71.5 Å². The smallest absolute Gasteiger partial charge is 0.282 e. The number of nitrogens with zero attached hydrogens (tertiary/aromatic N) is 7. The standard InChI is InChI=1S/C34H51FN8O4S.ClH/c1-24(2)43(25(3)4)33(44)29-16-27(35)6-7-30(29)47-31-19-37-23-38-32(31)41-21-34(22-41)10-14-40(15-11-34)20-26-8-12-42(13-9-26)48(45,46)39(5)28-17-36-18-28;/h6-7,16,19,23-26,28,36H,8-15,17-18,20-22H2,1-5H3;1H. The lowest BCUT2D eigenvalue weighted by molar-refractivity contribution is 0.0606. The van der Waals surface area contributed by atoms with Gasteiger partial charge in [-0.25, -0.2) is 14.4 Å². The number of likely N-dealkylation sites (tertiary alicyclic amines) is 1. The summed E-state index contributed by atoms with van der Waals surface area (Å²) >= 11 is 0. The lowest BCUT2D eigenvalue weighted by atomic mass is 9.72. The molecule has 5 heterocycles. The molecule has 4 fully saturated rings. The Labute approximate surface area is 297 Å². The highest BCUT2D eigenvalue weighted by Crippen LogP contribution is 2.45. The van der Waals surface area contributed by atoms with Gasteiger partial charge in [-0.1, -0.05) is 0 Å². The second-order valence-electron chi connectivity index (χ2n) is 14.7. The van der Waals surface area contributed by atoms with Crippen molar-refractivity contribution in [2.24, 2.45) is 11.3 Å². The summed E-state index contributed by atoms with van der Waals surface area (Å²) in [7, 11) is -1.69. The zero-order valence-electron chi connectivity index (χ0n) is 29.3. The number of ether oxygens (including phenoxy) is 1. The van der Waals surface area contributed by atoms with Crippen molar-refractivity contribution < 1.29 is 22.3 Å². The Morgan fingerprint density at radius 2 is 1.71 bits per heavy atom. The second-order valence-corrected chi connectivity index (χ2v) is 16.7. The van der Waals surface area contributed by atoms with E-state index < -0.39 is 16.0 Å². The van der Waals surface area contributed by atoms with E-state index in [9.17, 15) is 17.6 Å². The summed E-state index contributed by atoms with van der Waals surface area (Å²) in [4.78, 5) is 28.8. The van der Waals surface area contributed by atoms with E-state index >= 15 is 0 Å². The molecule has 49 heavy (non-hydrogen) atoms. The number of rotatable bonds is 11. The zero-order valence-corrected chi connectivity index (χ0v) is 31.0. The van der Waals surface area contributed by atoms with E-state index in [1.807, 2.05) is 27.7 Å². The van der Waals surface area contributed by atoms with Crippen LogP contribution < -0.4 is 15.0 Å². The largest absolute Gasteiger partial charge is 0.451 e. The predicted octanol–water partition coefficient (Wildman–Crippen LogP) is 3.85. The van der Waals surface area contributed by atoms with Gasteiger partial charge in [0.25, 0.3) is 16.1 Å². The summed E-state index contributed by atoms with van der Waals surface area (Å²) in [6.45, 7) is 15.2. The molecule has 1 spiro atoms. The summed E-state index contributed by atoms with van der Waals surface area (Å²) in [5.74, 6) is 1.12. The first-order valence-corrected chi connectivity index (χ1v) is 18.8. The number of benzene rings is 1. The van der Waals surface area contributed by atoms with Gasteiger partial charge >= 0.3 is 0 Å². The minimum absolute atomic E-state index is 0. The first-order valence-electron chi connectivity index (χ1n) is 17.4. The molecule has 0 unspecified atom stereocenters. The van der Waals surface area contributed by atoms with Crippen LogP contribution in [0.25, 0.3) is 0 Å². The molecule has 0 aliphatic carbocycles. The van der Waals surface area contributed by atoms with Crippen molar-refractivity contribution in [1.82, 2.24) is 33.7 Å². The third-order valence-electron chi connectivity index (χ3n) is 10.7. The molecule has 4 aliphatic rings. The van der Waals surface area contributed by atoms with Crippen LogP contribution in [0, 0.1) is 17.2 Å². The van der Waals surface area contributed by atoms with Crippen LogP contribution in [-0.4, -0.2) is 127 Å². The lowest BCUT2D eigenvalue weighted by Crippen LogP contribution is -2.61. The minimum Gasteiger partial charge on any atom is -0.451 e. The third kappa shape index (κ3) is 7.99. The number of piperidine rings is 2. The number of likely N-dealkylation sites (N-methyl/N-ethyl adjacent to an activating group) is 1. The van der Waals surface area contributed by atoms with Crippen molar-refractivity contribution in [1.29, 1.82) is 0 Å². The molecule has 1 aromatic carbocycles. The Bertz CT molecular complexity index is 1550. The van der Waals surface area contributed by atoms with Crippen LogP contribution in [0.2, 0.25) is 0 Å². The van der Waals surface area contributed by atoms with Crippen molar-refractivity contribution in [3.63, 3.8) is 0 Å². The Morgan fingerprint density at radius 1 is 1.06 bits per heavy atom. The highest BCUT2D eigenvalue weighted by atomic mass is 35.5. The Balaban J connectivity index is 0.00000468. The molecule has 1 aromatic heterocycles. The van der Waals surface area contributed by atoms with Crippen molar-refractivity contribution in [2.75, 3.05) is 70.9 Å². The van der Waals surface area contributed by atoms with Gasteiger partial charge in [0.1, 0.15) is 17.9 Å². The fraction of sp³-hybridized carbons (Fsp3) is 0.676. The van der Waals surface area contributed by atoms with Gasteiger partial charge in [0.15, 0.2) is 11.6 Å². The summed E-state index contributed by atoms with van der Waals surface area (Å²) in [5, 5.41) is 3.15. The summed E-state index contributed by atoms with van der Waals surface area (Å²) < 4.78 is 50.0. The molecule has 272 valence electrons. The van der Waals surface area contributed by atoms with Crippen molar-refractivity contribution >= 4 is 34.3 Å². The molecule has 0 saturated carbocycles. The van der Waals surface area contributed by atoms with Gasteiger partial charge in [-0.15, -0.1) is 12.4 Å². The fourth-order valence-corrected chi connectivity index (χ4v) is 9.29. The van der Waals surface area contributed by atoms with Crippen LogP contribution in [0.3, 0.4) is 0 Å². The highest BCUT2D eigenvalue weighted by molar-refractivity contribution is 7.86. The lowest BCUT2D eigenvalue weighted by Gasteiger charge is -2.54. The molecular weight excluding hydrogens is 671 g/mol. The number of carbonyl (C=O) groups is 1. The van der Waals surface area contributed by atoms with Gasteiger partial charge < -0.3 is 24.8 Å². The van der Waals surface area contributed by atoms with Crippen molar-refractivity contribution in [2.45, 2.75) is 71.5 Å². The van der Waals surface area contributed by atoms with Crippen molar-refractivity contribution in [3.05, 3.63) is 42.1 Å². The fourth-order valence-electron chi connectivity index (χ4n) is 7.73. The molecule has 0 bridgehead atoms. The Kier molecular flexibility index (Phi) is 11.8. The van der Waals surface area contributed by atoms with Gasteiger partial charge in [0, 0.05) is 70.4 Å². The van der Waals surface area contributed by atoms with Crippen molar-refractivity contribution in [3.8, 4) is 11.5 Å². The SMILES string of the molecule is CC(C)N(C(=O)c1cc(F)ccc1Oc1cncnc1N1CC2(CCN(CC3CCN(S(=O)(=O)N(C)C4CNC4)CC3)CC2)C1)C(C)C.Cl. The first kappa shape index (κ1) is 37.6. The average Bonchev–Trinajstić information content (AvgIpc) is 3.00. The van der Waals surface area contributed by atoms with Gasteiger partial charge in [0.05, 0.1) is 17.8 Å². The van der Waals surface area contributed by atoms with E-state index in [2.05, 4.69) is 25.1 Å². The maximum atomic E-state index is 14.4. The van der Waals surface area contributed by atoms with Crippen LogP contribution in [0.5, 0.6) is 11.5 Å². The summed E-state index contributed by atoms with van der Waals surface area (Å²) in [5.41, 5.74) is 0.383. The molecule has 4 aliphatic heterocycles. The Morgan fingerprint density at radius 3 is 2.31 bits per heavy atom. The molecule has 15 heteroatoms. The van der Waals surface area contributed by atoms with E-state index in [-0.39, 0.29) is 53.2 Å². The number of amides is 1. The van der Waals surface area contributed by atoms with E-state index in [1.54, 1.807) is 26.8 Å². The van der Waals surface area contributed by atoms with Gasteiger partial charge in [-0.3, -0.25) is 4.79 Å². The summed E-state index contributed by atoms with van der Waals surface area (Å²) in [6.07, 6.45) is 7.09. The van der Waals surface area contributed by atoms with Crippen LogP contribution in [0.15, 0.2) is 30.7 Å².